The van der Waals surface area contributed by atoms with Gasteiger partial charge in [-0.1, -0.05) is 12.1 Å². The molecular weight excluding hydrogens is 276 g/mol. The number of halogens is 1. The maximum absolute atomic E-state index is 3.67. The van der Waals surface area contributed by atoms with Crippen LogP contribution in [0.5, 0.6) is 0 Å². The van der Waals surface area contributed by atoms with Gasteiger partial charge in [0.05, 0.1) is 5.69 Å². The van der Waals surface area contributed by atoms with Crippen molar-refractivity contribution < 1.29 is 0 Å². The second-order valence-electron chi connectivity index (χ2n) is 5.44. The summed E-state index contributed by atoms with van der Waals surface area (Å²) >= 11 is 3.67. The predicted molar refractivity (Wildman–Crippen MR) is 77.6 cm³/mol. The van der Waals surface area contributed by atoms with Gasteiger partial charge < -0.3 is 10.2 Å². The fourth-order valence-electron chi connectivity index (χ4n) is 2.72. The van der Waals surface area contributed by atoms with Crippen molar-refractivity contribution in [3.63, 3.8) is 0 Å². The van der Waals surface area contributed by atoms with E-state index >= 15 is 0 Å². The van der Waals surface area contributed by atoms with E-state index in [-0.39, 0.29) is 5.54 Å². The zero-order valence-electron chi connectivity index (χ0n) is 10.8. The zero-order chi connectivity index (χ0) is 12.5. The summed E-state index contributed by atoms with van der Waals surface area (Å²) in [5, 5.41) is 3.51. The molecule has 0 aliphatic carbocycles. The normalized spacial score (nSPS) is 24.5. The number of para-hydroxylation sites is 1. The molecule has 0 aromatic heterocycles. The molecule has 0 radical (unpaired) electrons. The highest BCUT2D eigenvalue weighted by molar-refractivity contribution is 9.10. The first-order valence-electron chi connectivity index (χ1n) is 6.27. The Balaban J connectivity index is 2.42. The van der Waals surface area contributed by atoms with Gasteiger partial charge in [0.25, 0.3) is 0 Å². The van der Waals surface area contributed by atoms with E-state index < -0.39 is 0 Å². The molecular formula is C14H21BrN2. The summed E-state index contributed by atoms with van der Waals surface area (Å²) in [6.07, 6.45) is 1.17. The summed E-state index contributed by atoms with van der Waals surface area (Å²) in [5.41, 5.74) is 1.49. The average Bonchev–Trinajstić information content (AvgIpc) is 2.39. The van der Waals surface area contributed by atoms with E-state index in [0.717, 1.165) is 13.1 Å². The van der Waals surface area contributed by atoms with Crippen molar-refractivity contribution in [3.05, 3.63) is 28.7 Å². The second-order valence-corrected chi connectivity index (χ2v) is 6.29. The molecule has 1 aromatic rings. The summed E-state index contributed by atoms with van der Waals surface area (Å²) in [6.45, 7) is 9.09. The van der Waals surface area contributed by atoms with Crippen molar-refractivity contribution in [3.8, 4) is 0 Å². The molecule has 1 atom stereocenters. The molecule has 3 heteroatoms. The Bertz CT molecular complexity index is 390. The highest BCUT2D eigenvalue weighted by atomic mass is 79.9. The average molecular weight is 297 g/mol. The third kappa shape index (κ3) is 2.66. The molecule has 1 unspecified atom stereocenters. The summed E-state index contributed by atoms with van der Waals surface area (Å²) in [6, 6.07) is 9.01. The van der Waals surface area contributed by atoms with Gasteiger partial charge in [0.2, 0.25) is 0 Å². The molecule has 2 rings (SSSR count). The molecule has 0 bridgehead atoms. The number of rotatable bonds is 1. The van der Waals surface area contributed by atoms with Crippen molar-refractivity contribution in [2.45, 2.75) is 38.8 Å². The van der Waals surface area contributed by atoms with Gasteiger partial charge in [-0.2, -0.15) is 0 Å². The Morgan fingerprint density at radius 1 is 1.35 bits per heavy atom. The van der Waals surface area contributed by atoms with Crippen LogP contribution in [-0.2, 0) is 0 Å². The van der Waals surface area contributed by atoms with E-state index in [1.807, 2.05) is 0 Å². The molecule has 0 saturated carbocycles. The molecule has 1 saturated heterocycles. The SMILES string of the molecule is CC1CNCCC(C)(C)N1c1ccccc1Br. The van der Waals surface area contributed by atoms with E-state index in [9.17, 15) is 0 Å². The number of nitrogens with zero attached hydrogens (tertiary/aromatic N) is 1. The Hall–Kier alpha value is -0.540. The van der Waals surface area contributed by atoms with Gasteiger partial charge in [-0.25, -0.2) is 0 Å². The lowest BCUT2D eigenvalue weighted by atomic mass is 9.96. The molecule has 2 nitrogen and oxygen atoms in total. The van der Waals surface area contributed by atoms with Crippen molar-refractivity contribution >= 4 is 21.6 Å². The maximum atomic E-state index is 3.67. The Labute approximate surface area is 113 Å². The third-order valence-electron chi connectivity index (χ3n) is 3.56. The van der Waals surface area contributed by atoms with Gasteiger partial charge in [-0.05, 0) is 61.8 Å². The Kier molecular flexibility index (Phi) is 3.79. The quantitative estimate of drug-likeness (QED) is 0.854. The fourth-order valence-corrected chi connectivity index (χ4v) is 3.20. The van der Waals surface area contributed by atoms with Crippen LogP contribution in [0.2, 0.25) is 0 Å². The number of nitrogens with one attached hydrogen (secondary N) is 1. The number of anilines is 1. The first kappa shape index (κ1) is 12.9. The van der Waals surface area contributed by atoms with Gasteiger partial charge >= 0.3 is 0 Å². The van der Waals surface area contributed by atoms with Gasteiger partial charge in [0, 0.05) is 22.6 Å². The Morgan fingerprint density at radius 2 is 2.06 bits per heavy atom. The molecule has 0 amide bonds. The molecule has 17 heavy (non-hydrogen) atoms. The second kappa shape index (κ2) is 4.99. The standard InChI is InChI=1S/C14H21BrN2/c1-11-10-16-9-8-14(2,3)17(11)13-7-5-4-6-12(13)15/h4-7,11,16H,8-10H2,1-3H3. The number of benzene rings is 1. The smallest absolute Gasteiger partial charge is 0.0517 e. The maximum Gasteiger partial charge on any atom is 0.0517 e. The van der Waals surface area contributed by atoms with Crippen molar-refractivity contribution in [2.24, 2.45) is 0 Å². The predicted octanol–water partition coefficient (Wildman–Crippen LogP) is 3.42. The molecule has 1 heterocycles. The van der Waals surface area contributed by atoms with E-state index in [1.54, 1.807) is 0 Å². The van der Waals surface area contributed by atoms with Crippen LogP contribution in [0.25, 0.3) is 0 Å². The van der Waals surface area contributed by atoms with Gasteiger partial charge in [0.1, 0.15) is 0 Å². The van der Waals surface area contributed by atoms with Crippen LogP contribution in [0.1, 0.15) is 27.2 Å². The first-order valence-corrected chi connectivity index (χ1v) is 7.06. The molecule has 0 spiro atoms. The van der Waals surface area contributed by atoms with Gasteiger partial charge in [-0.3, -0.25) is 0 Å². The summed E-state index contributed by atoms with van der Waals surface area (Å²) in [5.74, 6) is 0. The van der Waals surface area contributed by atoms with E-state index in [2.05, 4.69) is 71.2 Å². The third-order valence-corrected chi connectivity index (χ3v) is 4.23. The summed E-state index contributed by atoms with van der Waals surface area (Å²) in [4.78, 5) is 2.54. The minimum absolute atomic E-state index is 0.187. The lowest BCUT2D eigenvalue weighted by molar-refractivity contribution is 0.426. The number of hydrogen-bond donors (Lipinski definition) is 1. The highest BCUT2D eigenvalue weighted by Gasteiger charge is 2.33. The topological polar surface area (TPSA) is 15.3 Å². The largest absolute Gasteiger partial charge is 0.361 e. The summed E-state index contributed by atoms with van der Waals surface area (Å²) < 4.78 is 1.18. The van der Waals surface area contributed by atoms with Crippen LogP contribution in [-0.4, -0.2) is 24.7 Å². The lowest BCUT2D eigenvalue weighted by Gasteiger charge is -2.43. The summed E-state index contributed by atoms with van der Waals surface area (Å²) in [7, 11) is 0. The van der Waals surface area contributed by atoms with Gasteiger partial charge in [0.15, 0.2) is 0 Å². The minimum Gasteiger partial charge on any atom is -0.361 e. The monoisotopic (exact) mass is 296 g/mol. The first-order chi connectivity index (χ1) is 8.02. The molecule has 1 aliphatic heterocycles. The van der Waals surface area contributed by atoms with Crippen LogP contribution in [0.15, 0.2) is 28.7 Å². The van der Waals surface area contributed by atoms with Crippen LogP contribution >= 0.6 is 15.9 Å². The van der Waals surface area contributed by atoms with Gasteiger partial charge in [-0.15, -0.1) is 0 Å². The van der Waals surface area contributed by atoms with Crippen LogP contribution in [0.4, 0.5) is 5.69 Å². The van der Waals surface area contributed by atoms with Crippen molar-refractivity contribution in [1.82, 2.24) is 5.32 Å². The molecule has 1 N–H and O–H groups in total. The van der Waals surface area contributed by atoms with E-state index in [0.29, 0.717) is 6.04 Å². The van der Waals surface area contributed by atoms with E-state index in [4.69, 9.17) is 0 Å². The van der Waals surface area contributed by atoms with E-state index in [1.165, 1.54) is 16.6 Å². The highest BCUT2D eigenvalue weighted by Crippen LogP contribution is 2.35. The van der Waals surface area contributed by atoms with Crippen molar-refractivity contribution in [2.75, 3.05) is 18.0 Å². The molecule has 94 valence electrons. The van der Waals surface area contributed by atoms with Crippen LogP contribution < -0.4 is 10.2 Å². The molecule has 1 fully saturated rings. The minimum atomic E-state index is 0.187. The fraction of sp³-hybridized carbons (Fsp3) is 0.571. The lowest BCUT2D eigenvalue weighted by Crippen LogP contribution is -2.49. The van der Waals surface area contributed by atoms with Crippen LogP contribution in [0, 0.1) is 0 Å². The van der Waals surface area contributed by atoms with Crippen LogP contribution in [0.3, 0.4) is 0 Å². The van der Waals surface area contributed by atoms with Crippen molar-refractivity contribution in [1.29, 1.82) is 0 Å². The molecule has 1 aromatic carbocycles. The number of hydrogen-bond acceptors (Lipinski definition) is 2. The molecule has 1 aliphatic rings. The Morgan fingerprint density at radius 3 is 2.76 bits per heavy atom. The zero-order valence-corrected chi connectivity index (χ0v) is 12.4.